The molecule has 0 atom stereocenters. The van der Waals surface area contributed by atoms with Gasteiger partial charge in [0.15, 0.2) is 11.5 Å². The summed E-state index contributed by atoms with van der Waals surface area (Å²) in [6, 6.07) is 7.48. The molecule has 1 aliphatic heterocycles. The number of aromatic nitrogens is 1. The van der Waals surface area contributed by atoms with Crippen LogP contribution in [0.15, 0.2) is 24.3 Å². The number of pyridine rings is 1. The number of hydrogen-bond acceptors (Lipinski definition) is 4. The fraction of sp³-hybridized carbons (Fsp3) is 0.250. The molecular formula is C12H12N2O2. The molecule has 2 N–H and O–H groups in total. The van der Waals surface area contributed by atoms with Gasteiger partial charge in [-0.2, -0.15) is 0 Å². The first-order valence-corrected chi connectivity index (χ1v) is 5.12. The maximum absolute atomic E-state index is 5.65. The quantitative estimate of drug-likeness (QED) is 0.734. The molecule has 0 spiro atoms. The zero-order chi connectivity index (χ0) is 11.3. The molecule has 0 saturated heterocycles. The van der Waals surface area contributed by atoms with E-state index in [0.29, 0.717) is 5.82 Å². The summed E-state index contributed by atoms with van der Waals surface area (Å²) in [7, 11) is 0. The van der Waals surface area contributed by atoms with Gasteiger partial charge in [-0.25, -0.2) is 4.98 Å². The zero-order valence-electron chi connectivity index (χ0n) is 9.15. The number of nitrogens with zero attached hydrogens (tertiary/aromatic N) is 1. The highest BCUT2D eigenvalue weighted by atomic mass is 16.7. The van der Waals surface area contributed by atoms with Gasteiger partial charge in [0.2, 0.25) is 5.79 Å². The van der Waals surface area contributed by atoms with Crippen molar-refractivity contribution in [3.8, 4) is 11.5 Å². The predicted octanol–water partition coefficient (Wildman–Crippen LogP) is 2.32. The number of nitrogens with two attached hydrogens (primary N) is 1. The lowest BCUT2D eigenvalue weighted by Crippen LogP contribution is -2.29. The summed E-state index contributed by atoms with van der Waals surface area (Å²) in [5.41, 5.74) is 6.46. The van der Waals surface area contributed by atoms with Crippen molar-refractivity contribution < 1.29 is 9.47 Å². The highest BCUT2D eigenvalue weighted by Gasteiger charge is 2.31. The predicted molar refractivity (Wildman–Crippen MR) is 61.5 cm³/mol. The van der Waals surface area contributed by atoms with Crippen LogP contribution < -0.4 is 15.2 Å². The van der Waals surface area contributed by atoms with E-state index in [-0.39, 0.29) is 0 Å². The normalized spacial score (nSPS) is 16.6. The van der Waals surface area contributed by atoms with Crippen molar-refractivity contribution in [1.29, 1.82) is 0 Å². The summed E-state index contributed by atoms with van der Waals surface area (Å²) in [5, 5.41) is 0.995. The van der Waals surface area contributed by atoms with Crippen molar-refractivity contribution in [1.82, 2.24) is 4.98 Å². The van der Waals surface area contributed by atoms with Crippen molar-refractivity contribution in [2.24, 2.45) is 0 Å². The first-order chi connectivity index (χ1) is 7.53. The minimum Gasteiger partial charge on any atom is -0.449 e. The molecule has 1 aromatic heterocycles. The Kier molecular flexibility index (Phi) is 1.61. The molecule has 0 aliphatic carbocycles. The van der Waals surface area contributed by atoms with E-state index in [1.165, 1.54) is 0 Å². The van der Waals surface area contributed by atoms with Crippen LogP contribution in [0.3, 0.4) is 0 Å². The SMILES string of the molecule is CC1(C)Oc2cc3ccc(N)nc3cc2O1. The van der Waals surface area contributed by atoms with E-state index in [4.69, 9.17) is 15.2 Å². The fourth-order valence-corrected chi connectivity index (χ4v) is 1.86. The number of ether oxygens (including phenoxy) is 2. The van der Waals surface area contributed by atoms with Gasteiger partial charge >= 0.3 is 0 Å². The molecule has 2 heterocycles. The minimum atomic E-state index is -0.606. The van der Waals surface area contributed by atoms with Gasteiger partial charge in [0.1, 0.15) is 5.82 Å². The van der Waals surface area contributed by atoms with Crippen molar-refractivity contribution in [3.63, 3.8) is 0 Å². The van der Waals surface area contributed by atoms with E-state index in [0.717, 1.165) is 22.4 Å². The van der Waals surface area contributed by atoms with Crippen LogP contribution in [-0.2, 0) is 0 Å². The zero-order valence-corrected chi connectivity index (χ0v) is 9.15. The highest BCUT2D eigenvalue weighted by molar-refractivity contribution is 5.84. The third-order valence-corrected chi connectivity index (χ3v) is 2.49. The molecular weight excluding hydrogens is 204 g/mol. The molecule has 0 fully saturated rings. The van der Waals surface area contributed by atoms with Crippen molar-refractivity contribution >= 4 is 16.7 Å². The number of fused-ring (bicyclic) bond motifs is 2. The monoisotopic (exact) mass is 216 g/mol. The Morgan fingerprint density at radius 3 is 2.56 bits per heavy atom. The molecule has 1 aliphatic rings. The van der Waals surface area contributed by atoms with Gasteiger partial charge < -0.3 is 15.2 Å². The molecule has 4 heteroatoms. The molecule has 2 aromatic rings. The number of rotatable bonds is 0. The van der Waals surface area contributed by atoms with Gasteiger partial charge in [0.05, 0.1) is 5.52 Å². The average Bonchev–Trinajstić information content (AvgIpc) is 2.47. The van der Waals surface area contributed by atoms with Crippen LogP contribution in [0.1, 0.15) is 13.8 Å². The number of nitrogen functional groups attached to an aromatic ring is 1. The third-order valence-electron chi connectivity index (χ3n) is 2.49. The van der Waals surface area contributed by atoms with Crippen LogP contribution in [0, 0.1) is 0 Å². The summed E-state index contributed by atoms with van der Waals surface area (Å²) in [6.45, 7) is 3.75. The van der Waals surface area contributed by atoms with Gasteiger partial charge in [-0.05, 0) is 18.2 Å². The summed E-state index contributed by atoms with van der Waals surface area (Å²) < 4.78 is 11.3. The van der Waals surface area contributed by atoms with E-state index in [9.17, 15) is 0 Å². The van der Waals surface area contributed by atoms with Gasteiger partial charge in [0, 0.05) is 25.3 Å². The minimum absolute atomic E-state index is 0.505. The topological polar surface area (TPSA) is 57.4 Å². The van der Waals surface area contributed by atoms with Gasteiger partial charge in [0.25, 0.3) is 0 Å². The van der Waals surface area contributed by atoms with Crippen LogP contribution in [0.25, 0.3) is 10.9 Å². The van der Waals surface area contributed by atoms with E-state index < -0.39 is 5.79 Å². The Labute approximate surface area is 93.0 Å². The van der Waals surface area contributed by atoms with Crippen LogP contribution in [0.4, 0.5) is 5.82 Å². The van der Waals surface area contributed by atoms with E-state index in [1.807, 2.05) is 32.0 Å². The molecule has 0 radical (unpaired) electrons. The Balaban J connectivity index is 2.22. The molecule has 4 nitrogen and oxygen atoms in total. The summed E-state index contributed by atoms with van der Waals surface area (Å²) >= 11 is 0. The number of anilines is 1. The molecule has 0 unspecified atom stereocenters. The van der Waals surface area contributed by atoms with Crippen molar-refractivity contribution in [2.75, 3.05) is 5.73 Å². The van der Waals surface area contributed by atoms with Crippen LogP contribution in [0.2, 0.25) is 0 Å². The summed E-state index contributed by atoms with van der Waals surface area (Å²) in [5.74, 6) is 1.37. The molecule has 82 valence electrons. The van der Waals surface area contributed by atoms with Gasteiger partial charge in [-0.15, -0.1) is 0 Å². The maximum Gasteiger partial charge on any atom is 0.246 e. The Morgan fingerprint density at radius 1 is 1.12 bits per heavy atom. The van der Waals surface area contributed by atoms with Crippen molar-refractivity contribution in [2.45, 2.75) is 19.6 Å². The summed E-state index contributed by atoms with van der Waals surface area (Å²) in [4.78, 5) is 4.24. The largest absolute Gasteiger partial charge is 0.449 e. The molecule has 16 heavy (non-hydrogen) atoms. The maximum atomic E-state index is 5.65. The molecule has 0 bridgehead atoms. The van der Waals surface area contributed by atoms with E-state index >= 15 is 0 Å². The van der Waals surface area contributed by atoms with E-state index in [2.05, 4.69) is 4.98 Å². The standard InChI is InChI=1S/C12H12N2O2/c1-12(2)15-9-5-7-3-4-11(13)14-8(7)6-10(9)16-12/h3-6H,1-2H3,(H2,13,14). The lowest BCUT2D eigenvalue weighted by atomic mass is 10.2. The van der Waals surface area contributed by atoms with Gasteiger partial charge in [-0.3, -0.25) is 0 Å². The molecule has 1 aromatic carbocycles. The second kappa shape index (κ2) is 2.78. The second-order valence-corrected chi connectivity index (χ2v) is 4.33. The van der Waals surface area contributed by atoms with Crippen LogP contribution >= 0.6 is 0 Å². The highest BCUT2D eigenvalue weighted by Crippen LogP contribution is 2.41. The second-order valence-electron chi connectivity index (χ2n) is 4.33. The average molecular weight is 216 g/mol. The lowest BCUT2D eigenvalue weighted by Gasteiger charge is -2.16. The molecule has 0 saturated carbocycles. The summed E-state index contributed by atoms with van der Waals surface area (Å²) in [6.07, 6.45) is 0. The molecule has 3 rings (SSSR count). The van der Waals surface area contributed by atoms with E-state index in [1.54, 1.807) is 6.07 Å². The first-order valence-electron chi connectivity index (χ1n) is 5.12. The Bertz CT molecular complexity index is 578. The third kappa shape index (κ3) is 1.34. The smallest absolute Gasteiger partial charge is 0.246 e. The Hall–Kier alpha value is -1.97. The Morgan fingerprint density at radius 2 is 1.81 bits per heavy atom. The first kappa shape index (κ1) is 9.27. The van der Waals surface area contributed by atoms with Gasteiger partial charge in [-0.1, -0.05) is 0 Å². The fourth-order valence-electron chi connectivity index (χ4n) is 1.86. The van der Waals surface area contributed by atoms with Crippen molar-refractivity contribution in [3.05, 3.63) is 24.3 Å². The lowest BCUT2D eigenvalue weighted by molar-refractivity contribution is -0.0431. The number of hydrogen-bond donors (Lipinski definition) is 1. The van der Waals surface area contributed by atoms with Crippen LogP contribution in [0.5, 0.6) is 11.5 Å². The molecule has 0 amide bonds. The van der Waals surface area contributed by atoms with Crippen LogP contribution in [-0.4, -0.2) is 10.8 Å². The number of benzene rings is 1.